The van der Waals surface area contributed by atoms with E-state index in [1.54, 1.807) is 9.80 Å². The molecule has 0 unspecified atom stereocenters. The van der Waals surface area contributed by atoms with Gasteiger partial charge in [0.2, 0.25) is 0 Å². The van der Waals surface area contributed by atoms with Crippen LogP contribution in [0.25, 0.3) is 0 Å². The lowest BCUT2D eigenvalue weighted by molar-refractivity contribution is -0.143. The van der Waals surface area contributed by atoms with Gasteiger partial charge in [-0.1, -0.05) is 12.8 Å². The molecule has 1 aliphatic heterocycles. The van der Waals surface area contributed by atoms with Gasteiger partial charge in [0, 0.05) is 26.7 Å². The van der Waals surface area contributed by atoms with Gasteiger partial charge in [-0.05, 0) is 31.6 Å². The molecule has 0 spiro atoms. The Bertz CT molecular complexity index is 340. The van der Waals surface area contributed by atoms with Gasteiger partial charge in [0.05, 0.1) is 5.92 Å². The molecule has 108 valence electrons. The molecule has 5 heteroatoms. The fourth-order valence-electron chi connectivity index (χ4n) is 3.25. The SMILES string of the molecule is CN(CC1CCCC1)C(=O)N1CCC[C@H](C(=O)O)C1. The largest absolute Gasteiger partial charge is 0.481 e. The first-order valence-electron chi connectivity index (χ1n) is 7.30. The molecule has 19 heavy (non-hydrogen) atoms. The Kier molecular flexibility index (Phi) is 4.66. The number of hydrogen-bond donors (Lipinski definition) is 1. The minimum atomic E-state index is -0.782. The number of urea groups is 1. The number of carbonyl (C=O) groups excluding carboxylic acids is 1. The van der Waals surface area contributed by atoms with Gasteiger partial charge in [-0.25, -0.2) is 4.79 Å². The van der Waals surface area contributed by atoms with Gasteiger partial charge in [0.15, 0.2) is 0 Å². The van der Waals surface area contributed by atoms with Crippen LogP contribution in [0.4, 0.5) is 4.79 Å². The molecule has 1 N–H and O–H groups in total. The Labute approximate surface area is 114 Å². The lowest BCUT2D eigenvalue weighted by Crippen LogP contribution is -2.48. The van der Waals surface area contributed by atoms with E-state index in [-0.39, 0.29) is 6.03 Å². The minimum absolute atomic E-state index is 0.00199. The van der Waals surface area contributed by atoms with Crippen molar-refractivity contribution in [2.24, 2.45) is 11.8 Å². The third-order valence-electron chi connectivity index (χ3n) is 4.37. The summed E-state index contributed by atoms with van der Waals surface area (Å²) in [6, 6.07) is -0.00199. The number of carbonyl (C=O) groups is 2. The monoisotopic (exact) mass is 268 g/mol. The van der Waals surface area contributed by atoms with Crippen molar-refractivity contribution < 1.29 is 14.7 Å². The summed E-state index contributed by atoms with van der Waals surface area (Å²) < 4.78 is 0. The Morgan fingerprint density at radius 3 is 2.53 bits per heavy atom. The molecule has 1 saturated carbocycles. The average molecular weight is 268 g/mol. The maximum absolute atomic E-state index is 12.3. The third kappa shape index (κ3) is 3.61. The van der Waals surface area contributed by atoms with Gasteiger partial charge in [-0.15, -0.1) is 0 Å². The summed E-state index contributed by atoms with van der Waals surface area (Å²) in [5.74, 6) is -0.539. The maximum atomic E-state index is 12.3. The smallest absolute Gasteiger partial charge is 0.319 e. The Morgan fingerprint density at radius 2 is 1.89 bits per heavy atom. The van der Waals surface area contributed by atoms with E-state index in [0.717, 1.165) is 13.0 Å². The number of aliphatic carboxylic acids is 1. The second-order valence-corrected chi connectivity index (χ2v) is 5.94. The van der Waals surface area contributed by atoms with Gasteiger partial charge in [-0.2, -0.15) is 0 Å². The molecular formula is C14H24N2O3. The van der Waals surface area contributed by atoms with Gasteiger partial charge >= 0.3 is 12.0 Å². The zero-order valence-electron chi connectivity index (χ0n) is 11.7. The summed E-state index contributed by atoms with van der Waals surface area (Å²) in [6.45, 7) is 1.87. The highest BCUT2D eigenvalue weighted by Crippen LogP contribution is 2.26. The molecule has 2 aliphatic rings. The quantitative estimate of drug-likeness (QED) is 0.852. The van der Waals surface area contributed by atoms with Crippen molar-refractivity contribution >= 4 is 12.0 Å². The normalized spacial score (nSPS) is 24.5. The summed E-state index contributed by atoms with van der Waals surface area (Å²) in [4.78, 5) is 26.8. The summed E-state index contributed by atoms with van der Waals surface area (Å²) >= 11 is 0. The minimum Gasteiger partial charge on any atom is -0.481 e. The van der Waals surface area contributed by atoms with Crippen LogP contribution in [0.1, 0.15) is 38.5 Å². The van der Waals surface area contributed by atoms with Gasteiger partial charge < -0.3 is 14.9 Å². The first-order chi connectivity index (χ1) is 9.08. The predicted molar refractivity (Wildman–Crippen MR) is 71.9 cm³/mol. The van der Waals surface area contributed by atoms with E-state index in [1.807, 2.05) is 7.05 Å². The molecule has 1 aliphatic carbocycles. The second-order valence-electron chi connectivity index (χ2n) is 5.94. The number of amides is 2. The van der Waals surface area contributed by atoms with E-state index in [2.05, 4.69) is 0 Å². The third-order valence-corrected chi connectivity index (χ3v) is 4.37. The van der Waals surface area contributed by atoms with E-state index in [0.29, 0.717) is 25.4 Å². The summed E-state index contributed by atoms with van der Waals surface area (Å²) in [6.07, 6.45) is 6.46. The van der Waals surface area contributed by atoms with Gasteiger partial charge in [0.1, 0.15) is 0 Å². The number of piperidine rings is 1. The number of carboxylic acid groups (broad SMARTS) is 1. The number of rotatable bonds is 3. The number of hydrogen-bond acceptors (Lipinski definition) is 2. The van der Waals surface area contributed by atoms with E-state index < -0.39 is 11.9 Å². The van der Waals surface area contributed by atoms with E-state index >= 15 is 0 Å². The van der Waals surface area contributed by atoms with Crippen LogP contribution in [0.15, 0.2) is 0 Å². The van der Waals surface area contributed by atoms with Crippen molar-refractivity contribution in [3.63, 3.8) is 0 Å². The van der Waals surface area contributed by atoms with Crippen LogP contribution in [0.3, 0.4) is 0 Å². The highest BCUT2D eigenvalue weighted by atomic mass is 16.4. The Balaban J connectivity index is 1.85. The Hall–Kier alpha value is -1.26. The van der Waals surface area contributed by atoms with Crippen LogP contribution in [-0.4, -0.2) is 53.6 Å². The molecule has 0 aromatic carbocycles. The molecule has 5 nitrogen and oxygen atoms in total. The van der Waals surface area contributed by atoms with E-state index in [1.165, 1.54) is 25.7 Å². The topological polar surface area (TPSA) is 60.9 Å². The maximum Gasteiger partial charge on any atom is 0.319 e. The molecule has 0 aromatic heterocycles. The zero-order valence-corrected chi connectivity index (χ0v) is 11.7. The van der Waals surface area contributed by atoms with Crippen molar-refractivity contribution in [2.45, 2.75) is 38.5 Å². The summed E-state index contributed by atoms with van der Waals surface area (Å²) in [5.41, 5.74) is 0. The summed E-state index contributed by atoms with van der Waals surface area (Å²) in [7, 11) is 1.84. The number of nitrogens with zero attached hydrogens (tertiary/aromatic N) is 2. The van der Waals surface area contributed by atoms with E-state index in [9.17, 15) is 9.59 Å². The highest BCUT2D eigenvalue weighted by Gasteiger charge is 2.30. The zero-order chi connectivity index (χ0) is 13.8. The lowest BCUT2D eigenvalue weighted by Gasteiger charge is -2.34. The molecule has 1 atom stereocenters. The molecule has 2 rings (SSSR count). The average Bonchev–Trinajstić information content (AvgIpc) is 2.90. The molecule has 0 aromatic rings. The lowest BCUT2D eigenvalue weighted by atomic mass is 9.98. The highest BCUT2D eigenvalue weighted by molar-refractivity contribution is 5.76. The van der Waals surface area contributed by atoms with Crippen molar-refractivity contribution in [3.8, 4) is 0 Å². The van der Waals surface area contributed by atoms with Crippen LogP contribution in [0.5, 0.6) is 0 Å². The van der Waals surface area contributed by atoms with Crippen LogP contribution in [0, 0.1) is 11.8 Å². The van der Waals surface area contributed by atoms with Crippen LogP contribution in [-0.2, 0) is 4.79 Å². The molecular weight excluding hydrogens is 244 g/mol. The van der Waals surface area contributed by atoms with Crippen LogP contribution in [0.2, 0.25) is 0 Å². The molecule has 0 radical (unpaired) electrons. The van der Waals surface area contributed by atoms with Crippen LogP contribution >= 0.6 is 0 Å². The van der Waals surface area contributed by atoms with Gasteiger partial charge in [-0.3, -0.25) is 4.79 Å². The molecule has 0 bridgehead atoms. The molecule has 2 amide bonds. The second kappa shape index (κ2) is 6.26. The first kappa shape index (κ1) is 14.2. The van der Waals surface area contributed by atoms with Crippen molar-refractivity contribution in [1.82, 2.24) is 9.80 Å². The summed E-state index contributed by atoms with van der Waals surface area (Å²) in [5, 5.41) is 9.05. The number of carboxylic acids is 1. The fraction of sp³-hybridized carbons (Fsp3) is 0.857. The van der Waals surface area contributed by atoms with Gasteiger partial charge in [0.25, 0.3) is 0 Å². The van der Waals surface area contributed by atoms with Crippen molar-refractivity contribution in [3.05, 3.63) is 0 Å². The van der Waals surface area contributed by atoms with Crippen molar-refractivity contribution in [1.29, 1.82) is 0 Å². The molecule has 2 fully saturated rings. The Morgan fingerprint density at radius 1 is 1.21 bits per heavy atom. The predicted octanol–water partition coefficient (Wildman–Crippen LogP) is 2.03. The van der Waals surface area contributed by atoms with E-state index in [4.69, 9.17) is 5.11 Å². The van der Waals surface area contributed by atoms with Crippen LogP contribution < -0.4 is 0 Å². The number of likely N-dealkylation sites (tertiary alicyclic amines) is 1. The fourth-order valence-corrected chi connectivity index (χ4v) is 3.25. The first-order valence-corrected chi connectivity index (χ1v) is 7.30. The molecule has 1 saturated heterocycles. The van der Waals surface area contributed by atoms with Crippen molar-refractivity contribution in [2.75, 3.05) is 26.7 Å². The molecule has 1 heterocycles. The standard InChI is InChI=1S/C14H24N2O3/c1-15(9-11-5-2-3-6-11)14(19)16-8-4-7-12(10-16)13(17)18/h11-12H,2-10H2,1H3,(H,17,18)/t12-/m0/s1.